The number of rotatable bonds is 6. The van der Waals surface area contributed by atoms with Crippen LogP contribution in [0.25, 0.3) is 0 Å². The molecule has 5 nitrogen and oxygen atoms in total. The van der Waals surface area contributed by atoms with E-state index in [0.717, 1.165) is 36.6 Å². The third-order valence-corrected chi connectivity index (χ3v) is 6.59. The number of methoxy groups -OCH3 is 1. The Hall–Kier alpha value is -2.50. The van der Waals surface area contributed by atoms with Crippen molar-refractivity contribution in [2.24, 2.45) is 0 Å². The van der Waals surface area contributed by atoms with Crippen LogP contribution in [0.3, 0.4) is 0 Å². The molecule has 0 aliphatic carbocycles. The highest BCUT2D eigenvalue weighted by atomic mass is 35.5. The Labute approximate surface area is 188 Å². The maximum absolute atomic E-state index is 12.6. The zero-order valence-electron chi connectivity index (χ0n) is 18.2. The van der Waals surface area contributed by atoms with Gasteiger partial charge < -0.3 is 19.1 Å². The summed E-state index contributed by atoms with van der Waals surface area (Å²) in [7, 11) is 3.78. The Bertz CT molecular complexity index is 1010. The number of ether oxygens (including phenoxy) is 3. The van der Waals surface area contributed by atoms with E-state index in [1.165, 1.54) is 5.56 Å². The van der Waals surface area contributed by atoms with E-state index in [0.29, 0.717) is 17.0 Å². The molecule has 2 heterocycles. The van der Waals surface area contributed by atoms with Crippen LogP contribution in [-0.4, -0.2) is 43.8 Å². The number of hydrogen-bond acceptors (Lipinski definition) is 5. The molecule has 0 amide bonds. The number of esters is 1. The molecule has 0 saturated carbocycles. The minimum atomic E-state index is -0.392. The van der Waals surface area contributed by atoms with Crippen molar-refractivity contribution in [2.45, 2.75) is 43.9 Å². The summed E-state index contributed by atoms with van der Waals surface area (Å²) in [5, 5.41) is 0.504. The van der Waals surface area contributed by atoms with Gasteiger partial charge in [0.1, 0.15) is 12.2 Å². The van der Waals surface area contributed by atoms with Gasteiger partial charge >= 0.3 is 5.97 Å². The number of halogens is 1. The minimum Gasteiger partial charge on any atom is -0.493 e. The van der Waals surface area contributed by atoms with Crippen molar-refractivity contribution in [1.82, 2.24) is 4.90 Å². The summed E-state index contributed by atoms with van der Waals surface area (Å²) in [5.74, 6) is 1.12. The van der Waals surface area contributed by atoms with Crippen LogP contribution in [0.15, 0.2) is 49.1 Å². The molecule has 31 heavy (non-hydrogen) atoms. The first kappa shape index (κ1) is 21.7. The fourth-order valence-corrected chi connectivity index (χ4v) is 4.96. The molecule has 0 radical (unpaired) electrons. The zero-order chi connectivity index (χ0) is 22.2. The molecule has 2 aliphatic heterocycles. The summed E-state index contributed by atoms with van der Waals surface area (Å²) in [6.07, 6.45) is 2.87. The topological polar surface area (TPSA) is 48.0 Å². The van der Waals surface area contributed by atoms with Gasteiger partial charge in [-0.05, 0) is 56.8 Å². The molecule has 1 unspecified atom stereocenters. The summed E-state index contributed by atoms with van der Waals surface area (Å²) in [6, 6.07) is 10.9. The van der Waals surface area contributed by atoms with E-state index in [4.69, 9.17) is 25.8 Å². The lowest BCUT2D eigenvalue weighted by Gasteiger charge is -2.32. The summed E-state index contributed by atoms with van der Waals surface area (Å²) >= 11 is 6.01. The first-order valence-corrected chi connectivity index (χ1v) is 10.9. The number of carbonyl (C=O) groups excluding carboxylic acids is 1. The number of hydrogen-bond donors (Lipinski definition) is 0. The molecule has 0 N–H and O–H groups in total. The summed E-state index contributed by atoms with van der Waals surface area (Å²) in [5.41, 5.74) is 2.46. The average molecular weight is 442 g/mol. The average Bonchev–Trinajstić information content (AvgIpc) is 2.97. The van der Waals surface area contributed by atoms with E-state index in [1.807, 2.05) is 19.1 Å². The van der Waals surface area contributed by atoms with Crippen molar-refractivity contribution >= 4 is 17.6 Å². The van der Waals surface area contributed by atoms with Crippen molar-refractivity contribution in [3.8, 4) is 11.5 Å². The van der Waals surface area contributed by atoms with Crippen molar-refractivity contribution in [3.63, 3.8) is 0 Å². The lowest BCUT2D eigenvalue weighted by Crippen LogP contribution is -2.40. The molecule has 2 aliphatic rings. The van der Waals surface area contributed by atoms with E-state index in [9.17, 15) is 4.79 Å². The first-order valence-electron chi connectivity index (χ1n) is 10.5. The lowest BCUT2D eigenvalue weighted by atomic mass is 9.72. The van der Waals surface area contributed by atoms with Gasteiger partial charge in [-0.15, -0.1) is 6.58 Å². The minimum absolute atomic E-state index is 0.205. The van der Waals surface area contributed by atoms with Crippen LogP contribution < -0.4 is 9.47 Å². The molecule has 2 aromatic rings. The predicted octanol–water partition coefficient (Wildman–Crippen LogP) is 5.00. The second-order valence-corrected chi connectivity index (χ2v) is 8.87. The quantitative estimate of drug-likeness (QED) is 0.466. The normalized spacial score (nSPS) is 23.3. The molecule has 0 bridgehead atoms. The van der Waals surface area contributed by atoms with Gasteiger partial charge in [-0.3, -0.25) is 0 Å². The fraction of sp³-hybridized carbons (Fsp3) is 0.400. The molecule has 0 fully saturated rings. The molecule has 0 spiro atoms. The second-order valence-electron chi connectivity index (χ2n) is 8.43. The largest absolute Gasteiger partial charge is 0.493 e. The van der Waals surface area contributed by atoms with Crippen LogP contribution in [-0.2, 0) is 16.7 Å². The molecule has 2 aromatic carbocycles. The van der Waals surface area contributed by atoms with E-state index >= 15 is 0 Å². The van der Waals surface area contributed by atoms with Crippen molar-refractivity contribution in [2.75, 3.05) is 20.7 Å². The van der Waals surface area contributed by atoms with Gasteiger partial charge in [0.25, 0.3) is 0 Å². The third-order valence-electron chi connectivity index (χ3n) is 6.35. The summed E-state index contributed by atoms with van der Waals surface area (Å²) < 4.78 is 17.8. The van der Waals surface area contributed by atoms with Gasteiger partial charge in [0.05, 0.1) is 18.1 Å². The van der Waals surface area contributed by atoms with Crippen LogP contribution in [0.5, 0.6) is 11.5 Å². The van der Waals surface area contributed by atoms with E-state index in [2.05, 4.69) is 24.6 Å². The SMILES string of the molecule is C=C[C@@]12CCN(C)Cc3ccc(OC)c(c31)OC2C[C@H](C)OC(=O)c1cccc(Cl)c1. The van der Waals surface area contributed by atoms with Crippen LogP contribution >= 0.6 is 11.6 Å². The molecule has 6 heteroatoms. The fourth-order valence-electron chi connectivity index (χ4n) is 4.77. The Balaban J connectivity index is 1.61. The Morgan fingerprint density at radius 3 is 2.94 bits per heavy atom. The Morgan fingerprint density at radius 2 is 2.23 bits per heavy atom. The first-order chi connectivity index (χ1) is 14.9. The van der Waals surface area contributed by atoms with Crippen LogP contribution in [0.1, 0.15) is 41.3 Å². The Morgan fingerprint density at radius 1 is 1.42 bits per heavy atom. The summed E-state index contributed by atoms with van der Waals surface area (Å²) in [6.45, 7) is 7.85. The molecular formula is C25H28ClNO4. The summed E-state index contributed by atoms with van der Waals surface area (Å²) in [4.78, 5) is 14.9. The molecule has 0 aromatic heterocycles. The van der Waals surface area contributed by atoms with E-state index < -0.39 is 5.97 Å². The number of nitrogens with zero attached hydrogens (tertiary/aromatic N) is 1. The van der Waals surface area contributed by atoms with Crippen molar-refractivity contribution < 1.29 is 19.0 Å². The van der Waals surface area contributed by atoms with Crippen LogP contribution in [0.4, 0.5) is 0 Å². The highest BCUT2D eigenvalue weighted by molar-refractivity contribution is 6.30. The molecular weight excluding hydrogens is 414 g/mol. The van der Waals surface area contributed by atoms with Gasteiger partial charge in [-0.2, -0.15) is 0 Å². The standard InChI is InChI=1S/C25H28ClNO4/c1-5-25-11-12-27(3)15-18-9-10-20(29-4)23(22(18)25)31-21(25)13-16(2)30-24(28)17-7-6-8-19(26)14-17/h5-10,14,16,21H,1,11-13,15H2,2-4H3/t16-,21?,25-/m0/s1. The highest BCUT2D eigenvalue weighted by Crippen LogP contribution is 2.54. The monoisotopic (exact) mass is 441 g/mol. The molecule has 164 valence electrons. The van der Waals surface area contributed by atoms with Gasteiger partial charge in [-0.25, -0.2) is 4.79 Å². The Kier molecular flexibility index (Phi) is 6.00. The molecule has 3 atom stereocenters. The second kappa shape index (κ2) is 8.56. The van der Waals surface area contributed by atoms with Gasteiger partial charge in [0.15, 0.2) is 11.5 Å². The zero-order valence-corrected chi connectivity index (χ0v) is 18.9. The molecule has 0 saturated heterocycles. The number of carbonyl (C=O) groups is 1. The third kappa shape index (κ3) is 3.92. The van der Waals surface area contributed by atoms with Crippen LogP contribution in [0.2, 0.25) is 5.02 Å². The van der Waals surface area contributed by atoms with Crippen LogP contribution in [0, 0.1) is 0 Å². The van der Waals surface area contributed by atoms with Crippen molar-refractivity contribution in [1.29, 1.82) is 0 Å². The van der Waals surface area contributed by atoms with Gasteiger partial charge in [-0.1, -0.05) is 29.8 Å². The van der Waals surface area contributed by atoms with Gasteiger partial charge in [0, 0.05) is 23.6 Å². The maximum Gasteiger partial charge on any atom is 0.338 e. The van der Waals surface area contributed by atoms with E-state index in [1.54, 1.807) is 31.4 Å². The number of benzene rings is 2. The van der Waals surface area contributed by atoms with Gasteiger partial charge in [0.2, 0.25) is 0 Å². The van der Waals surface area contributed by atoms with Crippen molar-refractivity contribution in [3.05, 3.63) is 70.8 Å². The molecule has 4 rings (SSSR count). The predicted molar refractivity (Wildman–Crippen MR) is 121 cm³/mol. The highest BCUT2D eigenvalue weighted by Gasteiger charge is 2.51. The smallest absolute Gasteiger partial charge is 0.338 e. The van der Waals surface area contributed by atoms with E-state index in [-0.39, 0.29) is 17.6 Å². The lowest BCUT2D eigenvalue weighted by molar-refractivity contribution is 0.0186. The maximum atomic E-state index is 12.6.